The zero-order valence-corrected chi connectivity index (χ0v) is 5.80. The molecule has 3 heteroatoms. The summed E-state index contributed by atoms with van der Waals surface area (Å²) in [5.41, 5.74) is 0. The molecule has 0 aromatic rings. The second-order valence-electron chi connectivity index (χ2n) is 0.340. The van der Waals surface area contributed by atoms with E-state index in [9.17, 15) is 0 Å². The van der Waals surface area contributed by atoms with Crippen LogP contribution in [0.5, 0.6) is 0 Å². The van der Waals surface area contributed by atoms with Crippen LogP contribution < -0.4 is 0 Å². The van der Waals surface area contributed by atoms with Crippen LogP contribution in [0.4, 0.5) is 0 Å². The van der Waals surface area contributed by atoms with E-state index in [1.807, 2.05) is 4.93 Å². The van der Waals surface area contributed by atoms with Crippen molar-refractivity contribution in [3.05, 3.63) is 0 Å². The van der Waals surface area contributed by atoms with E-state index in [2.05, 4.69) is 0 Å². The summed E-state index contributed by atoms with van der Waals surface area (Å²) in [7, 11) is 10.4. The monoisotopic (exact) mass is 212 g/mol. The molecule has 0 nitrogen and oxygen atoms in total. The van der Waals surface area contributed by atoms with Gasteiger partial charge in [-0.15, -0.1) is 0 Å². The van der Waals surface area contributed by atoms with Crippen LogP contribution in [0.2, 0.25) is 0 Å². The molecule has 4 heavy (non-hydrogen) atoms. The number of hydrogen-bond acceptors (Lipinski definition) is 0. The summed E-state index contributed by atoms with van der Waals surface area (Å²) in [5, 5.41) is 0. The van der Waals surface area contributed by atoms with E-state index < -0.39 is 17.6 Å². The van der Waals surface area contributed by atoms with Crippen molar-refractivity contribution in [3.63, 3.8) is 0 Å². The van der Waals surface area contributed by atoms with E-state index in [1.165, 1.54) is 0 Å². The summed E-state index contributed by atoms with van der Waals surface area (Å²) >= 11 is -1.32. The van der Waals surface area contributed by atoms with E-state index in [0.29, 0.717) is 0 Å². The molecule has 0 aromatic carbocycles. The molecule has 0 atom stereocenters. The third-order valence-electron chi connectivity index (χ3n) is 0. The molecular formula is CH3Cl2I. The maximum absolute atomic E-state index is 5.20. The van der Waals surface area contributed by atoms with Gasteiger partial charge in [0.25, 0.3) is 0 Å². The second-order valence-corrected chi connectivity index (χ2v) is 9.01. The second kappa shape index (κ2) is 2.54. The van der Waals surface area contributed by atoms with Crippen molar-refractivity contribution in [2.75, 3.05) is 4.93 Å². The molecular weight excluding hydrogens is 210 g/mol. The first-order chi connectivity index (χ1) is 1.73. The zero-order chi connectivity index (χ0) is 3.58. The molecule has 0 aliphatic heterocycles. The molecule has 0 radical (unpaired) electrons. The molecule has 0 amide bonds. The fraction of sp³-hybridized carbons (Fsp3) is 1.00. The van der Waals surface area contributed by atoms with Crippen LogP contribution in [0.15, 0.2) is 0 Å². The predicted molar refractivity (Wildman–Crippen MR) is 31.6 cm³/mol. The molecule has 0 bridgehead atoms. The average Bonchev–Trinajstić information content (AvgIpc) is 0.811. The van der Waals surface area contributed by atoms with E-state index in [0.717, 1.165) is 0 Å². The van der Waals surface area contributed by atoms with Crippen LogP contribution in [0.1, 0.15) is 0 Å². The predicted octanol–water partition coefficient (Wildman–Crippen LogP) is 2.43. The molecule has 0 aliphatic carbocycles. The van der Waals surface area contributed by atoms with Gasteiger partial charge in [-0.25, -0.2) is 0 Å². The Kier molecular flexibility index (Phi) is 3.37. The van der Waals surface area contributed by atoms with Crippen molar-refractivity contribution >= 4 is 35.4 Å². The molecule has 0 N–H and O–H groups in total. The number of rotatable bonds is 0. The molecule has 0 saturated heterocycles. The Morgan fingerprint density at radius 1 is 1.50 bits per heavy atom. The third kappa shape index (κ3) is 10.3. The molecule has 0 aromatic heterocycles. The van der Waals surface area contributed by atoms with Crippen molar-refractivity contribution in [2.24, 2.45) is 0 Å². The summed E-state index contributed by atoms with van der Waals surface area (Å²) in [6.45, 7) is 0. The van der Waals surface area contributed by atoms with Crippen molar-refractivity contribution < 1.29 is 0 Å². The van der Waals surface area contributed by atoms with Crippen molar-refractivity contribution in [1.29, 1.82) is 0 Å². The van der Waals surface area contributed by atoms with E-state index in [4.69, 9.17) is 17.8 Å². The normalized spacial score (nSPS) is 11.2. The van der Waals surface area contributed by atoms with Gasteiger partial charge in [-0.05, 0) is 0 Å². The first-order valence-electron chi connectivity index (χ1n) is 0.664. The van der Waals surface area contributed by atoms with E-state index in [1.54, 1.807) is 0 Å². The standard InChI is InChI=1S/CH3Cl2I/c1-4(2)3/h1H3. The molecule has 0 heterocycles. The van der Waals surface area contributed by atoms with Gasteiger partial charge in [-0.3, -0.25) is 0 Å². The fourth-order valence-corrected chi connectivity index (χ4v) is 0. The number of halogens is 3. The maximum atomic E-state index is 5.20. The Morgan fingerprint density at radius 2 is 1.50 bits per heavy atom. The van der Waals surface area contributed by atoms with Gasteiger partial charge in [0.2, 0.25) is 0 Å². The number of hydrogen-bond donors (Lipinski definition) is 0. The average molecular weight is 213 g/mol. The summed E-state index contributed by atoms with van der Waals surface area (Å²) in [6, 6.07) is 0. The van der Waals surface area contributed by atoms with Gasteiger partial charge < -0.3 is 0 Å². The zero-order valence-electron chi connectivity index (χ0n) is 2.13. The Labute approximate surface area is 40.3 Å². The minimum absolute atomic E-state index is 1.32. The summed E-state index contributed by atoms with van der Waals surface area (Å²) in [6.07, 6.45) is 0. The van der Waals surface area contributed by atoms with Gasteiger partial charge in [0.15, 0.2) is 0 Å². The van der Waals surface area contributed by atoms with Crippen LogP contribution >= 0.6 is 35.4 Å². The van der Waals surface area contributed by atoms with Gasteiger partial charge in [0.1, 0.15) is 0 Å². The Morgan fingerprint density at radius 3 is 1.50 bits per heavy atom. The van der Waals surface area contributed by atoms with Gasteiger partial charge in [0.05, 0.1) is 0 Å². The Bertz CT molecular complexity index is 10.8. The molecule has 0 fully saturated rings. The van der Waals surface area contributed by atoms with Crippen LogP contribution in [0.25, 0.3) is 0 Å². The summed E-state index contributed by atoms with van der Waals surface area (Å²) in [5.74, 6) is 0. The molecule has 0 unspecified atom stereocenters. The number of alkyl halides is 1. The topological polar surface area (TPSA) is 0 Å². The first-order valence-corrected chi connectivity index (χ1v) is 8.29. The molecule has 0 rings (SSSR count). The fourth-order valence-electron chi connectivity index (χ4n) is 0. The van der Waals surface area contributed by atoms with Gasteiger partial charge in [-0.1, -0.05) is 0 Å². The van der Waals surface area contributed by atoms with E-state index >= 15 is 0 Å². The first kappa shape index (κ1) is 5.31. The molecule has 0 saturated carbocycles. The van der Waals surface area contributed by atoms with Crippen LogP contribution in [0.3, 0.4) is 0 Å². The van der Waals surface area contributed by atoms with Crippen LogP contribution in [0, 0.1) is 0 Å². The van der Waals surface area contributed by atoms with E-state index in [-0.39, 0.29) is 0 Å². The van der Waals surface area contributed by atoms with Gasteiger partial charge in [-0.2, -0.15) is 0 Å². The molecule has 0 spiro atoms. The third-order valence-corrected chi connectivity index (χ3v) is 0. The Balaban J connectivity index is 2.32. The molecule has 28 valence electrons. The van der Waals surface area contributed by atoms with Crippen molar-refractivity contribution in [3.8, 4) is 0 Å². The van der Waals surface area contributed by atoms with Crippen molar-refractivity contribution in [1.82, 2.24) is 0 Å². The summed E-state index contributed by atoms with van der Waals surface area (Å²) < 4.78 is 0. The molecule has 0 aliphatic rings. The SMILES string of the molecule is CI(Cl)Cl. The van der Waals surface area contributed by atoms with Crippen LogP contribution in [-0.2, 0) is 0 Å². The van der Waals surface area contributed by atoms with Crippen molar-refractivity contribution in [2.45, 2.75) is 0 Å². The summed E-state index contributed by atoms with van der Waals surface area (Å²) in [4.78, 5) is 1.85. The van der Waals surface area contributed by atoms with Crippen LogP contribution in [-0.4, -0.2) is 4.93 Å². The quantitative estimate of drug-likeness (QED) is 0.428. The Hall–Kier alpha value is 1.31. The van der Waals surface area contributed by atoms with Gasteiger partial charge in [0, 0.05) is 0 Å². The minimum atomic E-state index is -1.32. The van der Waals surface area contributed by atoms with Gasteiger partial charge >= 0.3 is 40.3 Å².